The van der Waals surface area contributed by atoms with Gasteiger partial charge in [-0.05, 0) is 44.9 Å². The number of rotatable bonds is 4. The van der Waals surface area contributed by atoms with E-state index in [4.69, 9.17) is 15.6 Å². The van der Waals surface area contributed by atoms with Gasteiger partial charge in [0.1, 0.15) is 17.5 Å². The molecule has 0 aromatic heterocycles. The molecule has 0 aliphatic carbocycles. The second-order valence-electron chi connectivity index (χ2n) is 5.59. The van der Waals surface area contributed by atoms with Crippen molar-refractivity contribution in [1.29, 1.82) is 0 Å². The molecule has 6 nitrogen and oxygen atoms in total. The van der Waals surface area contributed by atoms with Gasteiger partial charge in [0.05, 0.1) is 5.69 Å². The summed E-state index contributed by atoms with van der Waals surface area (Å²) in [6.07, 6.45) is -0.764. The summed E-state index contributed by atoms with van der Waals surface area (Å²) in [7, 11) is 0. The summed E-state index contributed by atoms with van der Waals surface area (Å²) in [5.74, 6) is -1.80. The molecule has 21 heavy (non-hydrogen) atoms. The number of carbonyl (C=O) groups is 2. The molecule has 1 amide bonds. The van der Waals surface area contributed by atoms with Crippen molar-refractivity contribution in [1.82, 2.24) is 0 Å². The quantitative estimate of drug-likeness (QED) is 0.790. The van der Waals surface area contributed by atoms with Gasteiger partial charge in [-0.1, -0.05) is 6.07 Å². The van der Waals surface area contributed by atoms with Crippen LogP contribution in [-0.2, 0) is 16.0 Å². The summed E-state index contributed by atoms with van der Waals surface area (Å²) in [4.78, 5) is 22.3. The van der Waals surface area contributed by atoms with Crippen molar-refractivity contribution in [2.24, 2.45) is 5.73 Å². The first kappa shape index (κ1) is 16.9. The summed E-state index contributed by atoms with van der Waals surface area (Å²) in [6.45, 7) is 5.06. The maximum atomic E-state index is 13.6. The van der Waals surface area contributed by atoms with Gasteiger partial charge in [0.2, 0.25) is 0 Å². The Morgan fingerprint density at radius 2 is 2.05 bits per heavy atom. The van der Waals surface area contributed by atoms with Crippen LogP contribution in [0.2, 0.25) is 0 Å². The van der Waals surface area contributed by atoms with E-state index < -0.39 is 29.5 Å². The lowest BCUT2D eigenvalue weighted by molar-refractivity contribution is -0.138. The summed E-state index contributed by atoms with van der Waals surface area (Å²) >= 11 is 0. The van der Waals surface area contributed by atoms with Crippen LogP contribution in [0.1, 0.15) is 26.3 Å². The molecule has 0 aliphatic rings. The van der Waals surface area contributed by atoms with Gasteiger partial charge in [0.15, 0.2) is 0 Å². The van der Waals surface area contributed by atoms with Gasteiger partial charge < -0.3 is 15.6 Å². The Morgan fingerprint density at radius 1 is 1.43 bits per heavy atom. The van der Waals surface area contributed by atoms with Crippen LogP contribution in [0, 0.1) is 5.82 Å². The first-order valence-corrected chi connectivity index (χ1v) is 6.35. The van der Waals surface area contributed by atoms with Crippen molar-refractivity contribution in [2.45, 2.75) is 38.8 Å². The summed E-state index contributed by atoms with van der Waals surface area (Å²) in [5, 5.41) is 11.0. The molecule has 0 bridgehead atoms. The van der Waals surface area contributed by atoms with E-state index in [0.717, 1.165) is 6.07 Å². The van der Waals surface area contributed by atoms with Crippen LogP contribution in [0.5, 0.6) is 0 Å². The Kier molecular flexibility index (Phi) is 5.26. The molecule has 4 N–H and O–H groups in total. The zero-order valence-corrected chi connectivity index (χ0v) is 12.1. The molecule has 0 saturated heterocycles. The fourth-order valence-corrected chi connectivity index (χ4v) is 1.55. The number of nitrogens with two attached hydrogens (primary N) is 1. The molecule has 0 heterocycles. The van der Waals surface area contributed by atoms with E-state index in [2.05, 4.69) is 5.32 Å². The lowest BCUT2D eigenvalue weighted by Gasteiger charge is -2.20. The van der Waals surface area contributed by atoms with E-state index in [1.807, 2.05) is 0 Å². The van der Waals surface area contributed by atoms with Crippen molar-refractivity contribution in [2.75, 3.05) is 5.32 Å². The predicted molar refractivity (Wildman–Crippen MR) is 75.6 cm³/mol. The number of aliphatic carboxylic acids is 1. The number of carbonyl (C=O) groups excluding carboxylic acids is 1. The summed E-state index contributed by atoms with van der Waals surface area (Å²) in [5.41, 5.74) is 5.12. The second kappa shape index (κ2) is 6.53. The normalized spacial score (nSPS) is 12.6. The second-order valence-corrected chi connectivity index (χ2v) is 5.59. The minimum absolute atomic E-state index is 0.0264. The Morgan fingerprint density at radius 3 is 2.57 bits per heavy atom. The Labute approximate surface area is 122 Å². The van der Waals surface area contributed by atoms with E-state index in [1.165, 1.54) is 12.1 Å². The average molecular weight is 298 g/mol. The lowest BCUT2D eigenvalue weighted by Crippen LogP contribution is -2.32. The number of benzene rings is 1. The number of amides is 1. The molecular weight excluding hydrogens is 279 g/mol. The van der Waals surface area contributed by atoms with Crippen molar-refractivity contribution < 1.29 is 23.8 Å². The van der Waals surface area contributed by atoms with Crippen LogP contribution in [0.3, 0.4) is 0 Å². The topological polar surface area (TPSA) is 102 Å². The van der Waals surface area contributed by atoms with Gasteiger partial charge in [0.25, 0.3) is 0 Å². The molecule has 7 heteroatoms. The van der Waals surface area contributed by atoms with Gasteiger partial charge in [-0.25, -0.2) is 9.18 Å². The highest BCUT2D eigenvalue weighted by Gasteiger charge is 2.18. The van der Waals surface area contributed by atoms with Crippen LogP contribution < -0.4 is 11.1 Å². The molecule has 1 aromatic carbocycles. The van der Waals surface area contributed by atoms with Gasteiger partial charge in [-0.15, -0.1) is 0 Å². The molecule has 1 atom stereocenters. The fraction of sp³-hybridized carbons (Fsp3) is 0.429. The predicted octanol–water partition coefficient (Wildman–Crippen LogP) is 2.13. The summed E-state index contributed by atoms with van der Waals surface area (Å²) < 4.78 is 18.7. The number of carboxylic acid groups (broad SMARTS) is 1. The van der Waals surface area contributed by atoms with Crippen LogP contribution >= 0.6 is 0 Å². The molecule has 0 radical (unpaired) electrons. The highest BCUT2D eigenvalue weighted by molar-refractivity contribution is 5.85. The van der Waals surface area contributed by atoms with Gasteiger partial charge >= 0.3 is 12.1 Å². The third-order valence-electron chi connectivity index (χ3n) is 2.44. The van der Waals surface area contributed by atoms with E-state index in [1.54, 1.807) is 20.8 Å². The fourth-order valence-electron chi connectivity index (χ4n) is 1.55. The first-order valence-electron chi connectivity index (χ1n) is 6.35. The van der Waals surface area contributed by atoms with Crippen LogP contribution in [0.4, 0.5) is 14.9 Å². The highest BCUT2D eigenvalue weighted by Crippen LogP contribution is 2.18. The number of anilines is 1. The van der Waals surface area contributed by atoms with Crippen molar-refractivity contribution in [3.63, 3.8) is 0 Å². The minimum Gasteiger partial charge on any atom is -0.480 e. The molecule has 0 spiro atoms. The Balaban J connectivity index is 2.83. The zero-order chi connectivity index (χ0) is 16.2. The van der Waals surface area contributed by atoms with E-state index in [-0.39, 0.29) is 12.1 Å². The van der Waals surface area contributed by atoms with Crippen molar-refractivity contribution in [3.05, 3.63) is 29.6 Å². The van der Waals surface area contributed by atoms with E-state index >= 15 is 0 Å². The number of hydrogen-bond acceptors (Lipinski definition) is 4. The first-order chi connectivity index (χ1) is 9.58. The SMILES string of the molecule is CC(C)(C)OC(=O)Nc1cc(CC(N)C(=O)O)ccc1F. The van der Waals surface area contributed by atoms with Gasteiger partial charge in [0, 0.05) is 0 Å². The lowest BCUT2D eigenvalue weighted by atomic mass is 10.1. The summed E-state index contributed by atoms with van der Waals surface area (Å²) in [6, 6.07) is 2.79. The van der Waals surface area contributed by atoms with Gasteiger partial charge in [-0.2, -0.15) is 0 Å². The van der Waals surface area contributed by atoms with Crippen molar-refractivity contribution >= 4 is 17.7 Å². The zero-order valence-electron chi connectivity index (χ0n) is 12.1. The number of ether oxygens (including phenoxy) is 1. The number of nitrogens with one attached hydrogen (secondary N) is 1. The van der Waals surface area contributed by atoms with Crippen LogP contribution in [0.15, 0.2) is 18.2 Å². The molecule has 0 aliphatic heterocycles. The van der Waals surface area contributed by atoms with Crippen LogP contribution in [0.25, 0.3) is 0 Å². The van der Waals surface area contributed by atoms with E-state index in [9.17, 15) is 14.0 Å². The maximum absolute atomic E-state index is 13.6. The third-order valence-corrected chi connectivity index (χ3v) is 2.44. The standard InChI is InChI=1S/C14H19FN2O4/c1-14(2,3)21-13(20)17-11-7-8(4-5-9(11)15)6-10(16)12(18)19/h4-5,7,10H,6,16H2,1-3H3,(H,17,20)(H,18,19). The number of carboxylic acids is 1. The Bertz CT molecular complexity index is 540. The molecule has 1 rings (SSSR count). The number of hydrogen-bond donors (Lipinski definition) is 3. The molecule has 0 fully saturated rings. The maximum Gasteiger partial charge on any atom is 0.412 e. The number of halogens is 1. The highest BCUT2D eigenvalue weighted by atomic mass is 19.1. The van der Waals surface area contributed by atoms with Gasteiger partial charge in [-0.3, -0.25) is 10.1 Å². The average Bonchev–Trinajstić information content (AvgIpc) is 2.30. The molecule has 1 unspecified atom stereocenters. The largest absolute Gasteiger partial charge is 0.480 e. The smallest absolute Gasteiger partial charge is 0.412 e. The monoisotopic (exact) mass is 298 g/mol. The molecule has 0 saturated carbocycles. The molecule has 1 aromatic rings. The minimum atomic E-state index is -1.15. The third kappa shape index (κ3) is 5.78. The molecule has 116 valence electrons. The Hall–Kier alpha value is -2.15. The molecular formula is C14H19FN2O4. The van der Waals surface area contributed by atoms with E-state index in [0.29, 0.717) is 5.56 Å². The van der Waals surface area contributed by atoms with Crippen LogP contribution in [-0.4, -0.2) is 28.8 Å². The van der Waals surface area contributed by atoms with Crippen molar-refractivity contribution in [3.8, 4) is 0 Å².